The molecule has 3 aromatic rings. The molecule has 0 radical (unpaired) electrons. The van der Waals surface area contributed by atoms with Gasteiger partial charge in [0.15, 0.2) is 11.5 Å². The third kappa shape index (κ3) is 4.69. The van der Waals surface area contributed by atoms with E-state index in [0.717, 1.165) is 23.3 Å². The largest absolute Gasteiger partial charge is 0.494 e. The summed E-state index contributed by atoms with van der Waals surface area (Å²) in [4.78, 5) is 19.0. The summed E-state index contributed by atoms with van der Waals surface area (Å²) in [7, 11) is 3.19. The average Bonchev–Trinajstić information content (AvgIpc) is 3.45. The molecule has 0 spiro atoms. The third-order valence-electron chi connectivity index (χ3n) is 5.41. The van der Waals surface area contributed by atoms with Gasteiger partial charge < -0.3 is 23.6 Å². The lowest BCUT2D eigenvalue weighted by Crippen LogP contribution is -2.24. The summed E-state index contributed by atoms with van der Waals surface area (Å²) < 4.78 is 21.8. The fraction of sp³-hybridized carbons (Fsp3) is 0.375. The van der Waals surface area contributed by atoms with Gasteiger partial charge in [-0.3, -0.25) is 4.79 Å². The molecule has 0 saturated carbocycles. The van der Waals surface area contributed by atoms with Crippen LogP contribution >= 0.6 is 0 Å². The zero-order valence-electron chi connectivity index (χ0n) is 18.5. The van der Waals surface area contributed by atoms with E-state index in [9.17, 15) is 4.79 Å². The van der Waals surface area contributed by atoms with E-state index in [1.54, 1.807) is 19.1 Å². The van der Waals surface area contributed by atoms with Crippen LogP contribution in [0.25, 0.3) is 11.4 Å². The molecule has 4 rings (SSSR count). The van der Waals surface area contributed by atoms with Gasteiger partial charge in [0.2, 0.25) is 17.6 Å². The van der Waals surface area contributed by atoms with Gasteiger partial charge in [-0.2, -0.15) is 4.98 Å². The van der Waals surface area contributed by atoms with Crippen molar-refractivity contribution < 1.29 is 23.5 Å². The number of hydrogen-bond acceptors (Lipinski definition) is 7. The predicted octanol–water partition coefficient (Wildman–Crippen LogP) is 4.06. The van der Waals surface area contributed by atoms with E-state index in [2.05, 4.69) is 17.1 Å². The van der Waals surface area contributed by atoms with Crippen LogP contribution in [0.5, 0.6) is 17.2 Å². The number of rotatable bonds is 9. The van der Waals surface area contributed by atoms with E-state index in [1.165, 1.54) is 0 Å². The molecule has 0 bridgehead atoms. The van der Waals surface area contributed by atoms with Crippen molar-refractivity contribution in [2.45, 2.75) is 32.2 Å². The zero-order chi connectivity index (χ0) is 22.5. The van der Waals surface area contributed by atoms with E-state index >= 15 is 0 Å². The number of nitrogens with zero attached hydrogens (tertiary/aromatic N) is 3. The van der Waals surface area contributed by atoms with Crippen LogP contribution in [0.15, 0.2) is 47.0 Å². The first-order chi connectivity index (χ1) is 15.6. The molecule has 1 aliphatic heterocycles. The Kier molecular flexibility index (Phi) is 6.58. The average molecular weight is 437 g/mol. The number of aromatic nitrogens is 2. The number of hydrogen-bond donors (Lipinski definition) is 0. The normalized spacial score (nSPS) is 15.8. The van der Waals surface area contributed by atoms with E-state index in [-0.39, 0.29) is 11.8 Å². The number of likely N-dealkylation sites (tertiary alicyclic amines) is 1. The van der Waals surface area contributed by atoms with Crippen molar-refractivity contribution in [1.82, 2.24) is 15.0 Å². The monoisotopic (exact) mass is 437 g/mol. The molecule has 1 aliphatic rings. The lowest BCUT2D eigenvalue weighted by atomic mass is 10.1. The Morgan fingerprint density at radius 2 is 1.88 bits per heavy atom. The topological polar surface area (TPSA) is 86.9 Å². The highest BCUT2D eigenvalue weighted by molar-refractivity contribution is 5.79. The van der Waals surface area contributed by atoms with Crippen LogP contribution in [0.4, 0.5) is 0 Å². The van der Waals surface area contributed by atoms with Crippen LogP contribution in [0.1, 0.15) is 37.1 Å². The molecule has 1 saturated heterocycles. The summed E-state index contributed by atoms with van der Waals surface area (Å²) in [6.45, 7) is 3.76. The Morgan fingerprint density at radius 3 is 2.59 bits per heavy atom. The molecule has 0 aliphatic carbocycles. The zero-order valence-corrected chi connectivity index (χ0v) is 18.5. The van der Waals surface area contributed by atoms with Crippen molar-refractivity contribution in [3.63, 3.8) is 0 Å². The Morgan fingerprint density at radius 1 is 1.09 bits per heavy atom. The van der Waals surface area contributed by atoms with Crippen LogP contribution in [0.3, 0.4) is 0 Å². The first-order valence-corrected chi connectivity index (χ1v) is 10.7. The van der Waals surface area contributed by atoms with Crippen molar-refractivity contribution in [1.29, 1.82) is 0 Å². The highest BCUT2D eigenvalue weighted by atomic mass is 16.5. The smallest absolute Gasteiger partial charge is 0.232 e. The van der Waals surface area contributed by atoms with Gasteiger partial charge in [0.05, 0.1) is 26.7 Å². The van der Waals surface area contributed by atoms with Crippen LogP contribution in [-0.4, -0.2) is 48.3 Å². The van der Waals surface area contributed by atoms with Crippen molar-refractivity contribution in [2.75, 3.05) is 27.4 Å². The molecule has 8 heteroatoms. The molecule has 32 heavy (non-hydrogen) atoms. The third-order valence-corrected chi connectivity index (χ3v) is 5.41. The van der Waals surface area contributed by atoms with Crippen LogP contribution in [0.2, 0.25) is 0 Å². The van der Waals surface area contributed by atoms with Gasteiger partial charge in [-0.15, -0.1) is 0 Å². The Hall–Kier alpha value is -3.55. The highest BCUT2D eigenvalue weighted by Gasteiger charge is 2.34. The Labute approximate surface area is 187 Å². The van der Waals surface area contributed by atoms with Gasteiger partial charge in [-0.25, -0.2) is 0 Å². The van der Waals surface area contributed by atoms with Crippen molar-refractivity contribution in [3.8, 4) is 28.6 Å². The molecule has 1 amide bonds. The molecule has 8 nitrogen and oxygen atoms in total. The van der Waals surface area contributed by atoms with E-state index in [0.29, 0.717) is 49.3 Å². The fourth-order valence-corrected chi connectivity index (χ4v) is 3.73. The summed E-state index contributed by atoms with van der Waals surface area (Å²) >= 11 is 0. The van der Waals surface area contributed by atoms with E-state index in [1.807, 2.05) is 42.5 Å². The molecule has 0 N–H and O–H groups in total. The minimum atomic E-state index is -0.129. The maximum atomic E-state index is 12.6. The van der Waals surface area contributed by atoms with E-state index < -0.39 is 0 Å². The first kappa shape index (κ1) is 21.7. The minimum Gasteiger partial charge on any atom is -0.494 e. The first-order valence-electron chi connectivity index (χ1n) is 10.7. The van der Waals surface area contributed by atoms with Crippen LogP contribution < -0.4 is 14.2 Å². The molecule has 1 aromatic heterocycles. The minimum absolute atomic E-state index is 0.0574. The molecule has 168 valence electrons. The van der Waals surface area contributed by atoms with Crippen LogP contribution in [0, 0.1) is 0 Å². The molecule has 2 aromatic carbocycles. The molecular formula is C24H27N3O5. The quantitative estimate of drug-likeness (QED) is 0.499. The van der Waals surface area contributed by atoms with Gasteiger partial charge in [0.1, 0.15) is 5.75 Å². The molecule has 1 fully saturated rings. The van der Waals surface area contributed by atoms with Gasteiger partial charge in [0, 0.05) is 25.1 Å². The molecule has 1 atom stereocenters. The summed E-state index contributed by atoms with van der Waals surface area (Å²) in [6, 6.07) is 13.3. The van der Waals surface area contributed by atoms with Crippen LogP contribution in [-0.2, 0) is 11.3 Å². The Balaban J connectivity index is 1.42. The highest BCUT2D eigenvalue weighted by Crippen LogP contribution is 2.32. The second-order valence-electron chi connectivity index (χ2n) is 7.69. The van der Waals surface area contributed by atoms with Gasteiger partial charge in [-0.05, 0) is 48.4 Å². The van der Waals surface area contributed by atoms with Crippen molar-refractivity contribution in [3.05, 3.63) is 53.9 Å². The Bertz CT molecular complexity index is 1060. The molecule has 1 unspecified atom stereocenters. The number of carbonyl (C=O) groups is 1. The lowest BCUT2D eigenvalue weighted by Gasteiger charge is -2.17. The number of ether oxygens (including phenoxy) is 3. The molecule has 2 heterocycles. The van der Waals surface area contributed by atoms with Crippen molar-refractivity contribution >= 4 is 5.91 Å². The van der Waals surface area contributed by atoms with Gasteiger partial charge in [0.25, 0.3) is 0 Å². The SMILES string of the molecule is CCCOc1ccc(-c2noc(C3CC(=O)N(Cc4ccc(OC)c(OC)c4)C3)n2)cc1. The summed E-state index contributed by atoms with van der Waals surface area (Å²) in [5.74, 6) is 3.03. The second kappa shape index (κ2) is 9.72. The number of carbonyl (C=O) groups excluding carboxylic acids is 1. The summed E-state index contributed by atoms with van der Waals surface area (Å²) in [5.41, 5.74) is 1.81. The predicted molar refractivity (Wildman–Crippen MR) is 118 cm³/mol. The fourth-order valence-electron chi connectivity index (χ4n) is 3.73. The van der Waals surface area contributed by atoms with E-state index in [4.69, 9.17) is 18.7 Å². The summed E-state index contributed by atoms with van der Waals surface area (Å²) in [5, 5.41) is 4.11. The maximum absolute atomic E-state index is 12.6. The second-order valence-corrected chi connectivity index (χ2v) is 7.69. The number of amides is 1. The molecular weight excluding hydrogens is 410 g/mol. The van der Waals surface area contributed by atoms with Gasteiger partial charge >= 0.3 is 0 Å². The lowest BCUT2D eigenvalue weighted by molar-refractivity contribution is -0.128. The number of methoxy groups -OCH3 is 2. The number of benzene rings is 2. The standard InChI is InChI=1S/C24H27N3O5/c1-4-11-31-19-8-6-17(7-9-19)23-25-24(32-26-23)18-13-22(28)27(15-18)14-16-5-10-20(29-2)21(12-16)30-3/h5-10,12,18H,4,11,13-15H2,1-3H3. The summed E-state index contributed by atoms with van der Waals surface area (Å²) in [6.07, 6.45) is 1.30. The van der Waals surface area contributed by atoms with Gasteiger partial charge in [-0.1, -0.05) is 18.1 Å². The van der Waals surface area contributed by atoms with Crippen molar-refractivity contribution in [2.24, 2.45) is 0 Å². The maximum Gasteiger partial charge on any atom is 0.232 e.